The number of nitrogens with one attached hydrogen (secondary N) is 2. The summed E-state index contributed by atoms with van der Waals surface area (Å²) < 4.78 is 6.59. The van der Waals surface area contributed by atoms with Crippen LogP contribution in [-0.4, -0.2) is 56.7 Å². The van der Waals surface area contributed by atoms with Crippen LogP contribution < -0.4 is 15.4 Å². The van der Waals surface area contributed by atoms with E-state index < -0.39 is 0 Å². The van der Waals surface area contributed by atoms with Crippen molar-refractivity contribution in [1.29, 1.82) is 0 Å². The van der Waals surface area contributed by atoms with E-state index in [-0.39, 0.29) is 18.3 Å². The molecule has 0 bridgehead atoms. The monoisotopic (exact) mass is 419 g/mol. The lowest BCUT2D eigenvalue weighted by Crippen LogP contribution is -2.44. The van der Waals surface area contributed by atoms with Gasteiger partial charge in [-0.2, -0.15) is 0 Å². The Hall–Kier alpha value is -0.820. The lowest BCUT2D eigenvalue weighted by atomic mass is 10.3. The lowest BCUT2D eigenvalue weighted by Gasteiger charge is -2.27. The van der Waals surface area contributed by atoms with Crippen molar-refractivity contribution in [2.45, 2.75) is 19.3 Å². The average molecular weight is 421 g/mol. The Balaban J connectivity index is 0.00000288. The summed E-state index contributed by atoms with van der Waals surface area (Å²) in [6.07, 6.45) is 2.25. The predicted molar refractivity (Wildman–Crippen MR) is 103 cm³/mol. The van der Waals surface area contributed by atoms with Crippen LogP contribution in [-0.2, 0) is 4.79 Å². The minimum Gasteiger partial charge on any atom is -0.492 e. The van der Waals surface area contributed by atoms with Crippen molar-refractivity contribution in [3.8, 4) is 5.75 Å². The third-order valence-electron chi connectivity index (χ3n) is 3.83. The highest BCUT2D eigenvalue weighted by Gasteiger charge is 2.08. The molecule has 1 aromatic carbocycles. The Labute approximate surface area is 159 Å². The molecule has 0 radical (unpaired) electrons. The molecule has 0 atom stereocenters. The summed E-state index contributed by atoms with van der Waals surface area (Å²) in [5.41, 5.74) is 0. The molecular weight excluding hydrogens is 394 g/mol. The zero-order valence-corrected chi connectivity index (χ0v) is 16.3. The second-order valence-electron chi connectivity index (χ2n) is 5.68. The molecule has 1 amide bonds. The van der Waals surface area contributed by atoms with Crippen molar-refractivity contribution in [3.63, 3.8) is 0 Å². The molecule has 1 aromatic rings. The van der Waals surface area contributed by atoms with E-state index in [0.717, 1.165) is 62.3 Å². The molecule has 0 aromatic heterocycles. The summed E-state index contributed by atoms with van der Waals surface area (Å²) in [4.78, 5) is 14.2. The van der Waals surface area contributed by atoms with Crippen LogP contribution in [0.3, 0.4) is 0 Å². The van der Waals surface area contributed by atoms with Crippen molar-refractivity contribution < 1.29 is 9.53 Å². The fourth-order valence-corrected chi connectivity index (χ4v) is 2.93. The molecule has 136 valence electrons. The molecule has 0 unspecified atom stereocenters. The molecule has 1 saturated heterocycles. The number of benzene rings is 1. The van der Waals surface area contributed by atoms with Crippen molar-refractivity contribution >= 4 is 34.2 Å². The highest BCUT2D eigenvalue weighted by atomic mass is 79.9. The Bertz CT molecular complexity index is 485. The Morgan fingerprint density at radius 2 is 2.00 bits per heavy atom. The first-order valence-corrected chi connectivity index (χ1v) is 9.12. The van der Waals surface area contributed by atoms with Gasteiger partial charge in [-0.15, -0.1) is 12.4 Å². The van der Waals surface area contributed by atoms with Gasteiger partial charge in [0.2, 0.25) is 5.91 Å². The van der Waals surface area contributed by atoms with Crippen LogP contribution >= 0.6 is 28.3 Å². The molecule has 0 spiro atoms. The van der Waals surface area contributed by atoms with Gasteiger partial charge in [0.15, 0.2) is 0 Å². The number of halogens is 2. The molecule has 1 aliphatic rings. The lowest BCUT2D eigenvalue weighted by molar-refractivity contribution is -0.121. The molecule has 1 fully saturated rings. The van der Waals surface area contributed by atoms with Gasteiger partial charge in [0.05, 0.1) is 11.1 Å². The summed E-state index contributed by atoms with van der Waals surface area (Å²) in [6, 6.07) is 7.75. The SMILES string of the molecule is Cl.O=C(CCCOc1ccccc1Br)NCCCN1CCNCC1. The molecule has 24 heavy (non-hydrogen) atoms. The number of para-hydroxylation sites is 1. The van der Waals surface area contributed by atoms with Crippen LogP contribution in [0.4, 0.5) is 0 Å². The topological polar surface area (TPSA) is 53.6 Å². The van der Waals surface area contributed by atoms with E-state index in [4.69, 9.17) is 4.74 Å². The zero-order chi connectivity index (χ0) is 16.3. The summed E-state index contributed by atoms with van der Waals surface area (Å²) in [7, 11) is 0. The van der Waals surface area contributed by atoms with Crippen molar-refractivity contribution in [3.05, 3.63) is 28.7 Å². The van der Waals surface area contributed by atoms with Gasteiger partial charge in [0.25, 0.3) is 0 Å². The standard InChI is InChI=1S/C17H26BrN3O2.ClH/c18-15-5-1-2-6-16(15)23-14-3-7-17(22)20-8-4-11-21-12-9-19-10-13-21;/h1-2,5-6,19H,3-4,7-14H2,(H,20,22);1H. The minimum atomic E-state index is 0. The first kappa shape index (κ1) is 21.2. The number of carbonyl (C=O) groups is 1. The number of rotatable bonds is 9. The van der Waals surface area contributed by atoms with E-state index in [1.807, 2.05) is 24.3 Å². The van der Waals surface area contributed by atoms with E-state index in [0.29, 0.717) is 13.0 Å². The van der Waals surface area contributed by atoms with Crippen molar-refractivity contribution in [2.24, 2.45) is 0 Å². The van der Waals surface area contributed by atoms with Crippen LogP contribution in [0.2, 0.25) is 0 Å². The third kappa shape index (κ3) is 8.33. The number of hydrogen-bond acceptors (Lipinski definition) is 4. The van der Waals surface area contributed by atoms with Gasteiger partial charge in [0, 0.05) is 39.1 Å². The van der Waals surface area contributed by atoms with Gasteiger partial charge in [-0.1, -0.05) is 12.1 Å². The Morgan fingerprint density at radius 1 is 1.25 bits per heavy atom. The van der Waals surface area contributed by atoms with E-state index in [1.165, 1.54) is 0 Å². The van der Waals surface area contributed by atoms with Crippen LogP contribution in [0.25, 0.3) is 0 Å². The number of carbonyl (C=O) groups excluding carboxylic acids is 1. The summed E-state index contributed by atoms with van der Waals surface area (Å²) in [5, 5.41) is 6.33. The molecule has 0 saturated carbocycles. The second-order valence-corrected chi connectivity index (χ2v) is 6.53. The largest absolute Gasteiger partial charge is 0.492 e. The molecule has 5 nitrogen and oxygen atoms in total. The van der Waals surface area contributed by atoms with Crippen LogP contribution in [0.15, 0.2) is 28.7 Å². The maximum atomic E-state index is 11.8. The van der Waals surface area contributed by atoms with Crippen LogP contribution in [0.1, 0.15) is 19.3 Å². The quantitative estimate of drug-likeness (QED) is 0.603. The molecule has 2 N–H and O–H groups in total. The number of nitrogens with zero attached hydrogens (tertiary/aromatic N) is 1. The van der Waals surface area contributed by atoms with Gasteiger partial charge in [0.1, 0.15) is 5.75 Å². The molecule has 2 rings (SSSR count). The number of ether oxygens (including phenoxy) is 1. The molecule has 7 heteroatoms. The third-order valence-corrected chi connectivity index (χ3v) is 4.48. The number of hydrogen-bond donors (Lipinski definition) is 2. The van der Waals surface area contributed by atoms with Crippen molar-refractivity contribution in [2.75, 3.05) is 45.9 Å². The number of piperazine rings is 1. The Morgan fingerprint density at radius 3 is 2.75 bits per heavy atom. The maximum absolute atomic E-state index is 11.8. The zero-order valence-electron chi connectivity index (χ0n) is 13.9. The van der Waals surface area contributed by atoms with E-state index in [9.17, 15) is 4.79 Å². The summed E-state index contributed by atoms with van der Waals surface area (Å²) >= 11 is 3.44. The van der Waals surface area contributed by atoms with E-state index in [1.54, 1.807) is 0 Å². The van der Waals surface area contributed by atoms with Gasteiger partial charge in [-0.3, -0.25) is 4.79 Å². The van der Waals surface area contributed by atoms with Crippen LogP contribution in [0.5, 0.6) is 5.75 Å². The first-order valence-electron chi connectivity index (χ1n) is 8.33. The fraction of sp³-hybridized carbons (Fsp3) is 0.588. The number of amides is 1. The van der Waals surface area contributed by atoms with E-state index >= 15 is 0 Å². The molecule has 1 heterocycles. The summed E-state index contributed by atoms with van der Waals surface area (Å²) in [5.74, 6) is 0.935. The fourth-order valence-electron chi connectivity index (χ4n) is 2.53. The predicted octanol–water partition coefficient (Wildman–Crippen LogP) is 2.44. The average Bonchev–Trinajstić information content (AvgIpc) is 2.58. The smallest absolute Gasteiger partial charge is 0.220 e. The minimum absolute atomic E-state index is 0. The molecule has 1 aliphatic heterocycles. The van der Waals surface area contributed by atoms with Gasteiger partial charge in [-0.25, -0.2) is 0 Å². The van der Waals surface area contributed by atoms with Crippen LogP contribution in [0, 0.1) is 0 Å². The van der Waals surface area contributed by atoms with Gasteiger partial charge >= 0.3 is 0 Å². The molecule has 0 aliphatic carbocycles. The Kier molecular flexibility index (Phi) is 11.1. The maximum Gasteiger partial charge on any atom is 0.220 e. The van der Waals surface area contributed by atoms with Gasteiger partial charge in [-0.05, 0) is 47.4 Å². The van der Waals surface area contributed by atoms with Crippen molar-refractivity contribution in [1.82, 2.24) is 15.5 Å². The highest BCUT2D eigenvalue weighted by molar-refractivity contribution is 9.10. The van der Waals surface area contributed by atoms with Gasteiger partial charge < -0.3 is 20.3 Å². The summed E-state index contributed by atoms with van der Waals surface area (Å²) in [6.45, 7) is 6.74. The van der Waals surface area contributed by atoms with E-state index in [2.05, 4.69) is 31.5 Å². The first-order chi connectivity index (χ1) is 11.3. The highest BCUT2D eigenvalue weighted by Crippen LogP contribution is 2.23. The molecular formula is C17H27BrClN3O2. The second kappa shape index (κ2) is 12.5. The normalized spacial score (nSPS) is 14.7.